The Labute approximate surface area is 218 Å². The van der Waals surface area contributed by atoms with Crippen molar-refractivity contribution in [2.45, 2.75) is 27.7 Å². The van der Waals surface area contributed by atoms with Gasteiger partial charge in [-0.2, -0.15) is 0 Å². The van der Waals surface area contributed by atoms with Crippen LogP contribution in [0.25, 0.3) is 44.3 Å². The van der Waals surface area contributed by atoms with Gasteiger partial charge in [0.2, 0.25) is 0 Å². The number of fused-ring (bicyclic) bond motifs is 3. The van der Waals surface area contributed by atoms with Crippen molar-refractivity contribution in [3.05, 3.63) is 102 Å². The molecule has 0 saturated heterocycles. The summed E-state index contributed by atoms with van der Waals surface area (Å²) in [5.41, 5.74) is 8.25. The number of aryl methyl sites for hydroxylation is 2. The van der Waals surface area contributed by atoms with E-state index in [1.807, 2.05) is 18.3 Å². The number of carbonyl (C=O) groups excluding carboxylic acids is 1. The molecule has 1 N–H and O–H groups in total. The Kier molecular flexibility index (Phi) is 8.39. The number of pyridine rings is 1. The van der Waals surface area contributed by atoms with Gasteiger partial charge < -0.3 is 14.5 Å². The van der Waals surface area contributed by atoms with Crippen molar-refractivity contribution in [2.75, 3.05) is 0 Å². The number of aromatic nitrogens is 1. The van der Waals surface area contributed by atoms with Crippen molar-refractivity contribution in [1.29, 1.82) is 0 Å². The monoisotopic (exact) mass is 641 g/mol. The van der Waals surface area contributed by atoms with Gasteiger partial charge in [0.25, 0.3) is 0 Å². The second-order valence-electron chi connectivity index (χ2n) is 8.34. The van der Waals surface area contributed by atoms with Crippen LogP contribution < -0.4 is 0 Å². The third-order valence-electron chi connectivity index (χ3n) is 5.47. The molecule has 5 heteroatoms. The van der Waals surface area contributed by atoms with E-state index < -0.39 is 0 Å². The van der Waals surface area contributed by atoms with Gasteiger partial charge in [-0.05, 0) is 56.1 Å². The predicted molar refractivity (Wildman–Crippen MR) is 138 cm³/mol. The fourth-order valence-corrected chi connectivity index (χ4v) is 3.88. The Bertz CT molecular complexity index is 1510. The van der Waals surface area contributed by atoms with Crippen LogP contribution in [-0.4, -0.2) is 15.9 Å². The maximum atomic E-state index is 10.0. The van der Waals surface area contributed by atoms with Crippen molar-refractivity contribution in [2.24, 2.45) is 0 Å². The largest absolute Gasteiger partial charge is 0.512 e. The van der Waals surface area contributed by atoms with Gasteiger partial charge in [0.1, 0.15) is 5.58 Å². The Hall–Kier alpha value is -3.53. The third-order valence-corrected chi connectivity index (χ3v) is 5.47. The van der Waals surface area contributed by atoms with E-state index in [9.17, 15) is 4.79 Å². The average molecular weight is 641 g/mol. The van der Waals surface area contributed by atoms with Crippen LogP contribution in [0.3, 0.4) is 0 Å². The minimum atomic E-state index is -0.125. The number of allylic oxidation sites excluding steroid dienone is 2. The molecule has 3 aromatic carbocycles. The topological polar surface area (TPSA) is 63.3 Å². The molecule has 0 aliphatic heterocycles. The smallest absolute Gasteiger partial charge is 0.155 e. The van der Waals surface area contributed by atoms with Crippen LogP contribution in [-0.2, 0) is 24.9 Å². The van der Waals surface area contributed by atoms with Gasteiger partial charge in [-0.15, -0.1) is 18.2 Å². The van der Waals surface area contributed by atoms with Gasteiger partial charge in [-0.3, -0.25) is 4.79 Å². The van der Waals surface area contributed by atoms with Gasteiger partial charge in [0, 0.05) is 37.8 Å². The molecule has 179 valence electrons. The number of aliphatic hydroxyl groups is 1. The first kappa shape index (κ1) is 26.1. The van der Waals surface area contributed by atoms with E-state index in [1.54, 1.807) is 0 Å². The summed E-state index contributed by atoms with van der Waals surface area (Å²) in [5.74, 6) is -0.0625. The zero-order valence-electron chi connectivity index (χ0n) is 20.0. The molecule has 1 radical (unpaired) electrons. The second-order valence-corrected chi connectivity index (χ2v) is 8.34. The molecule has 0 amide bonds. The summed E-state index contributed by atoms with van der Waals surface area (Å²) in [6, 6.07) is 26.3. The molecule has 0 spiro atoms. The van der Waals surface area contributed by atoms with Gasteiger partial charge in [-0.25, -0.2) is 0 Å². The summed E-state index contributed by atoms with van der Waals surface area (Å²) in [7, 11) is 0. The van der Waals surface area contributed by atoms with Gasteiger partial charge >= 0.3 is 0 Å². The molecule has 5 rings (SSSR count). The minimum absolute atomic E-state index is 0. The van der Waals surface area contributed by atoms with E-state index in [0.29, 0.717) is 0 Å². The molecule has 0 saturated carbocycles. The number of benzene rings is 3. The average Bonchev–Trinajstić information content (AvgIpc) is 3.19. The van der Waals surface area contributed by atoms with E-state index in [1.165, 1.54) is 31.1 Å². The first-order valence-electron chi connectivity index (χ1n) is 11.1. The number of hydrogen-bond acceptors (Lipinski definition) is 4. The summed E-state index contributed by atoms with van der Waals surface area (Å²) < 4.78 is 6.26. The number of aliphatic hydroxyl groups excluding tert-OH is 1. The van der Waals surface area contributed by atoms with E-state index in [2.05, 4.69) is 79.5 Å². The SMILES string of the molecule is CC(=O)/C=C(/C)O.Cc1ccc(-c2ccnc(-c3[c-]ccc4c3oc3c(C)cccc34)c2)cc1.[Ir]. The second kappa shape index (κ2) is 11.3. The van der Waals surface area contributed by atoms with Crippen LogP contribution in [0.5, 0.6) is 0 Å². The molecule has 2 aromatic heterocycles. The van der Waals surface area contributed by atoms with Gasteiger partial charge in [0.15, 0.2) is 5.78 Å². The molecule has 4 nitrogen and oxygen atoms in total. The van der Waals surface area contributed by atoms with Crippen molar-refractivity contribution >= 4 is 27.7 Å². The predicted octanol–water partition coefficient (Wildman–Crippen LogP) is 7.77. The zero-order chi connectivity index (χ0) is 24.2. The quantitative estimate of drug-likeness (QED) is 0.124. The van der Waals surface area contributed by atoms with E-state index in [4.69, 9.17) is 9.52 Å². The number of carbonyl (C=O) groups is 1. The van der Waals surface area contributed by atoms with Crippen LogP contribution in [0.15, 0.2) is 89.2 Å². The molecule has 5 aromatic rings. The van der Waals surface area contributed by atoms with Crippen molar-refractivity contribution < 1.29 is 34.4 Å². The van der Waals surface area contributed by atoms with Crippen LogP contribution in [0, 0.1) is 19.9 Å². The van der Waals surface area contributed by atoms with Crippen LogP contribution in [0.1, 0.15) is 25.0 Å². The van der Waals surface area contributed by atoms with Gasteiger partial charge in [-0.1, -0.05) is 65.0 Å². The maximum Gasteiger partial charge on any atom is 0.155 e. The molecule has 2 heterocycles. The molecule has 0 unspecified atom stereocenters. The van der Waals surface area contributed by atoms with E-state index in [-0.39, 0.29) is 31.6 Å². The minimum Gasteiger partial charge on any atom is -0.512 e. The van der Waals surface area contributed by atoms with Crippen molar-refractivity contribution in [1.82, 2.24) is 4.98 Å². The summed E-state index contributed by atoms with van der Waals surface area (Å²) in [5, 5.41) is 10.6. The maximum absolute atomic E-state index is 10.0. The normalized spacial score (nSPS) is 11.0. The first-order valence-corrected chi connectivity index (χ1v) is 11.1. The molecule has 0 atom stereocenters. The standard InChI is InChI=1S/C25H18NO.C5H8O2.Ir/c1-16-9-11-18(12-10-16)19-13-14-26-23(15-19)22-8-4-7-21-20-6-3-5-17(2)24(20)27-25(21)22;1-4(6)3-5(2)7;/h3-7,9-15H,1-2H3;3,6H,1-2H3;/q-1;;/b;4-3-;. The number of ketones is 1. The first-order chi connectivity index (χ1) is 16.3. The fraction of sp³-hybridized carbons (Fsp3) is 0.133. The summed E-state index contributed by atoms with van der Waals surface area (Å²) in [4.78, 5) is 14.6. The van der Waals surface area contributed by atoms with Gasteiger partial charge in [0.05, 0.1) is 11.3 Å². The molecule has 0 fully saturated rings. The Balaban J connectivity index is 0.000000378. The fourth-order valence-electron chi connectivity index (χ4n) is 3.88. The molecule has 35 heavy (non-hydrogen) atoms. The Morgan fingerprint density at radius 3 is 2.31 bits per heavy atom. The molecular weight excluding hydrogens is 615 g/mol. The molecular formula is C30H26IrNO3-. The Morgan fingerprint density at radius 2 is 1.66 bits per heavy atom. The number of furan rings is 1. The third kappa shape index (κ3) is 5.94. The summed E-state index contributed by atoms with van der Waals surface area (Å²) >= 11 is 0. The number of nitrogens with zero attached hydrogens (tertiary/aromatic N) is 1. The zero-order valence-corrected chi connectivity index (χ0v) is 22.4. The summed E-state index contributed by atoms with van der Waals surface area (Å²) in [6.45, 7) is 7.02. The molecule has 0 bridgehead atoms. The molecule has 0 aliphatic rings. The number of para-hydroxylation sites is 1. The Morgan fingerprint density at radius 1 is 0.943 bits per heavy atom. The van der Waals surface area contributed by atoms with Crippen molar-refractivity contribution in [3.8, 4) is 22.4 Å². The summed E-state index contributed by atoms with van der Waals surface area (Å²) in [6.07, 6.45) is 3.02. The van der Waals surface area contributed by atoms with Crippen molar-refractivity contribution in [3.63, 3.8) is 0 Å². The van der Waals surface area contributed by atoms with E-state index >= 15 is 0 Å². The number of rotatable bonds is 3. The van der Waals surface area contributed by atoms with Crippen LogP contribution in [0.2, 0.25) is 0 Å². The van der Waals surface area contributed by atoms with Crippen LogP contribution in [0.4, 0.5) is 0 Å². The van der Waals surface area contributed by atoms with E-state index in [0.717, 1.165) is 44.3 Å². The van der Waals surface area contributed by atoms with Crippen LogP contribution >= 0.6 is 0 Å². The number of hydrogen-bond donors (Lipinski definition) is 1. The molecule has 0 aliphatic carbocycles.